The molecule has 30 heavy (non-hydrogen) atoms. The predicted octanol–water partition coefficient (Wildman–Crippen LogP) is 7.99. The van der Waals surface area contributed by atoms with Gasteiger partial charge in [-0.2, -0.15) is 0 Å². The number of fused-ring (bicyclic) bond motifs is 2. The van der Waals surface area contributed by atoms with Crippen LogP contribution in [-0.4, -0.2) is 5.78 Å². The SMILES string of the molecule is C=C(CCCC(C)C)[C@H]1CC[C@@]2(C)[C@@H]3CC[C@H]4[C@H](C)C(=O)CC[C@@]45C[C@@]35CC[C@]12C. The van der Waals surface area contributed by atoms with E-state index in [2.05, 4.69) is 41.2 Å². The van der Waals surface area contributed by atoms with Crippen LogP contribution >= 0.6 is 0 Å². The molecule has 5 rings (SSSR count). The second-order valence-electron chi connectivity index (χ2n) is 13.4. The average molecular weight is 411 g/mol. The maximum absolute atomic E-state index is 12.5. The monoisotopic (exact) mass is 410 g/mol. The number of ketones is 1. The maximum atomic E-state index is 12.5. The largest absolute Gasteiger partial charge is 0.299 e. The Hall–Kier alpha value is -0.590. The van der Waals surface area contributed by atoms with Gasteiger partial charge in [-0.15, -0.1) is 0 Å². The van der Waals surface area contributed by atoms with Gasteiger partial charge in [-0.05, 0) is 110 Å². The highest BCUT2D eigenvalue weighted by atomic mass is 16.1. The molecule has 5 aliphatic carbocycles. The van der Waals surface area contributed by atoms with Crippen LogP contribution in [0.2, 0.25) is 0 Å². The molecule has 0 bridgehead atoms. The minimum atomic E-state index is 0.331. The lowest BCUT2D eigenvalue weighted by Gasteiger charge is -2.61. The van der Waals surface area contributed by atoms with Gasteiger partial charge in [0.25, 0.3) is 0 Å². The van der Waals surface area contributed by atoms with E-state index >= 15 is 0 Å². The van der Waals surface area contributed by atoms with Gasteiger partial charge in [0.2, 0.25) is 0 Å². The lowest BCUT2D eigenvalue weighted by Crippen LogP contribution is -2.55. The molecule has 5 fully saturated rings. The van der Waals surface area contributed by atoms with Gasteiger partial charge in [-0.3, -0.25) is 4.79 Å². The number of hydrogen-bond donors (Lipinski definition) is 0. The van der Waals surface area contributed by atoms with E-state index in [0.29, 0.717) is 39.3 Å². The number of hydrogen-bond acceptors (Lipinski definition) is 1. The molecule has 8 atom stereocenters. The molecule has 0 heterocycles. The van der Waals surface area contributed by atoms with Gasteiger partial charge in [-0.25, -0.2) is 0 Å². The van der Waals surface area contributed by atoms with E-state index in [0.717, 1.165) is 24.2 Å². The van der Waals surface area contributed by atoms with Gasteiger partial charge < -0.3 is 0 Å². The number of allylic oxidation sites excluding steroid dienone is 1. The maximum Gasteiger partial charge on any atom is 0.136 e. The highest BCUT2D eigenvalue weighted by Crippen LogP contribution is 2.88. The van der Waals surface area contributed by atoms with Crippen LogP contribution in [0.5, 0.6) is 0 Å². The number of carbonyl (C=O) groups excluding carboxylic acids is 1. The second kappa shape index (κ2) is 6.71. The number of carbonyl (C=O) groups is 1. The van der Waals surface area contributed by atoms with Crippen LogP contribution in [0.4, 0.5) is 0 Å². The Kier molecular flexibility index (Phi) is 4.75. The zero-order chi connectivity index (χ0) is 21.5. The summed E-state index contributed by atoms with van der Waals surface area (Å²) in [5.41, 5.74) is 3.64. The average Bonchev–Trinajstić information content (AvgIpc) is 3.27. The molecule has 0 amide bonds. The van der Waals surface area contributed by atoms with Crippen molar-refractivity contribution < 1.29 is 4.79 Å². The van der Waals surface area contributed by atoms with E-state index in [9.17, 15) is 4.79 Å². The standard InChI is InChI=1S/C29H46O/c1-19(2)8-7-9-20(3)22-12-14-27(6)25-11-10-23-21(4)24(30)13-15-28(23)18-29(25,28)17-16-26(22,27)5/h19,21-23,25H,3,7-18H2,1-2,4-6H3/t21-,22+,23-,25-,26+,27-,28+,29-/m0/s1. The molecule has 0 unspecified atom stereocenters. The van der Waals surface area contributed by atoms with Gasteiger partial charge in [0.1, 0.15) is 5.78 Å². The molecule has 1 nitrogen and oxygen atoms in total. The molecular weight excluding hydrogens is 364 g/mol. The summed E-state index contributed by atoms with van der Waals surface area (Å²) in [5, 5.41) is 0. The van der Waals surface area contributed by atoms with Crippen LogP contribution in [0.1, 0.15) is 112 Å². The topological polar surface area (TPSA) is 17.1 Å². The van der Waals surface area contributed by atoms with Crippen LogP contribution in [0.25, 0.3) is 0 Å². The normalized spacial score (nSPS) is 51.7. The van der Waals surface area contributed by atoms with E-state index in [1.807, 2.05) is 0 Å². The molecule has 1 heteroatoms. The Labute approximate surface area is 185 Å². The van der Waals surface area contributed by atoms with E-state index < -0.39 is 0 Å². The van der Waals surface area contributed by atoms with Crippen molar-refractivity contribution in [2.45, 2.75) is 112 Å². The van der Waals surface area contributed by atoms with Crippen molar-refractivity contribution in [1.82, 2.24) is 0 Å². The van der Waals surface area contributed by atoms with Gasteiger partial charge in [-0.1, -0.05) is 53.2 Å². The fourth-order valence-corrected chi connectivity index (χ4v) is 10.4. The highest BCUT2D eigenvalue weighted by Gasteiger charge is 2.81. The van der Waals surface area contributed by atoms with Crippen LogP contribution in [0.3, 0.4) is 0 Å². The summed E-state index contributed by atoms with van der Waals surface area (Å²) < 4.78 is 0. The van der Waals surface area contributed by atoms with Crippen LogP contribution < -0.4 is 0 Å². The Balaban J connectivity index is 1.39. The van der Waals surface area contributed by atoms with Crippen LogP contribution in [0, 0.1) is 51.2 Å². The minimum absolute atomic E-state index is 0.331. The number of rotatable bonds is 5. The molecule has 0 aromatic carbocycles. The molecular formula is C29H46O. The smallest absolute Gasteiger partial charge is 0.136 e. The first kappa shape index (κ1) is 21.3. The molecule has 168 valence electrons. The minimum Gasteiger partial charge on any atom is -0.299 e. The van der Waals surface area contributed by atoms with Gasteiger partial charge in [0, 0.05) is 12.3 Å². The zero-order valence-electron chi connectivity index (χ0n) is 20.5. The van der Waals surface area contributed by atoms with Crippen LogP contribution in [0.15, 0.2) is 12.2 Å². The summed E-state index contributed by atoms with van der Waals surface area (Å²) in [5.74, 6) is 4.04. The second-order valence-corrected chi connectivity index (χ2v) is 13.4. The van der Waals surface area contributed by atoms with Crippen molar-refractivity contribution >= 4 is 5.78 Å². The van der Waals surface area contributed by atoms with E-state index in [1.54, 1.807) is 5.57 Å². The van der Waals surface area contributed by atoms with E-state index in [1.165, 1.54) is 70.6 Å². The molecule has 0 saturated heterocycles. The third-order valence-electron chi connectivity index (χ3n) is 12.2. The van der Waals surface area contributed by atoms with Gasteiger partial charge in [0.15, 0.2) is 0 Å². The third kappa shape index (κ3) is 2.50. The Morgan fingerprint density at radius 2 is 1.80 bits per heavy atom. The van der Waals surface area contributed by atoms with Gasteiger partial charge >= 0.3 is 0 Å². The predicted molar refractivity (Wildman–Crippen MR) is 125 cm³/mol. The summed E-state index contributed by atoms with van der Waals surface area (Å²) in [6, 6.07) is 0. The first-order valence-corrected chi connectivity index (χ1v) is 13.3. The molecule has 0 aromatic heterocycles. The van der Waals surface area contributed by atoms with Crippen molar-refractivity contribution in [3.8, 4) is 0 Å². The summed E-state index contributed by atoms with van der Waals surface area (Å²) in [6.07, 6.45) is 15.8. The summed E-state index contributed by atoms with van der Waals surface area (Å²) in [7, 11) is 0. The molecule has 0 radical (unpaired) electrons. The molecule has 0 aliphatic heterocycles. The molecule has 0 N–H and O–H groups in total. The molecule has 0 aromatic rings. The van der Waals surface area contributed by atoms with Crippen molar-refractivity contribution in [2.75, 3.05) is 0 Å². The van der Waals surface area contributed by atoms with Crippen molar-refractivity contribution in [3.05, 3.63) is 12.2 Å². The Morgan fingerprint density at radius 1 is 1.03 bits per heavy atom. The Bertz CT molecular complexity index is 749. The fraction of sp³-hybridized carbons (Fsp3) is 0.897. The van der Waals surface area contributed by atoms with Crippen molar-refractivity contribution in [1.29, 1.82) is 0 Å². The lowest BCUT2D eigenvalue weighted by molar-refractivity contribution is -0.143. The van der Waals surface area contributed by atoms with Crippen LogP contribution in [-0.2, 0) is 4.79 Å². The summed E-state index contributed by atoms with van der Waals surface area (Å²) >= 11 is 0. The first-order valence-electron chi connectivity index (χ1n) is 13.3. The Morgan fingerprint density at radius 3 is 2.53 bits per heavy atom. The highest BCUT2D eigenvalue weighted by molar-refractivity contribution is 5.82. The molecule has 5 aliphatic rings. The van der Waals surface area contributed by atoms with Gasteiger partial charge in [0.05, 0.1) is 0 Å². The quantitative estimate of drug-likeness (QED) is 0.420. The third-order valence-corrected chi connectivity index (χ3v) is 12.2. The van der Waals surface area contributed by atoms with Crippen molar-refractivity contribution in [3.63, 3.8) is 0 Å². The zero-order valence-corrected chi connectivity index (χ0v) is 20.5. The molecule has 5 saturated carbocycles. The number of Topliss-reactive ketones (excluding diaryl/α,β-unsaturated/α-hetero) is 1. The molecule has 2 spiro atoms. The summed E-state index contributed by atoms with van der Waals surface area (Å²) in [6.45, 7) is 17.0. The van der Waals surface area contributed by atoms with Crippen molar-refractivity contribution in [2.24, 2.45) is 51.2 Å². The summed E-state index contributed by atoms with van der Waals surface area (Å²) in [4.78, 5) is 12.5. The first-order chi connectivity index (χ1) is 14.1. The fourth-order valence-electron chi connectivity index (χ4n) is 10.4. The van der Waals surface area contributed by atoms with E-state index in [-0.39, 0.29) is 0 Å². The van der Waals surface area contributed by atoms with E-state index in [4.69, 9.17) is 0 Å². The lowest BCUT2D eigenvalue weighted by atomic mass is 9.43.